The van der Waals surface area contributed by atoms with Crippen LogP contribution in [0, 0.1) is 24.7 Å². The molecular weight excluding hydrogens is 356 g/mol. The van der Waals surface area contributed by atoms with E-state index in [0.29, 0.717) is 11.7 Å². The summed E-state index contributed by atoms with van der Waals surface area (Å²) in [5, 5.41) is 12.6. The second-order valence-electron chi connectivity index (χ2n) is 8.21. The molecule has 2 aliphatic carbocycles. The number of nitrogens with zero attached hydrogens (tertiary/aromatic N) is 3. The molecule has 27 heavy (non-hydrogen) atoms. The number of hydrogen-bond donors (Lipinski definition) is 1. The highest BCUT2D eigenvalue weighted by Gasteiger charge is 2.42. The number of carbonyl (C=O) groups is 1. The van der Waals surface area contributed by atoms with Crippen LogP contribution in [0.5, 0.6) is 0 Å². The van der Waals surface area contributed by atoms with Gasteiger partial charge in [-0.25, -0.2) is 0 Å². The predicted octanol–water partition coefficient (Wildman–Crippen LogP) is 3.82. The summed E-state index contributed by atoms with van der Waals surface area (Å²) in [5.74, 6) is 3.70. The second-order valence-corrected chi connectivity index (χ2v) is 9.16. The van der Waals surface area contributed by atoms with E-state index < -0.39 is 0 Å². The van der Waals surface area contributed by atoms with Crippen LogP contribution in [-0.4, -0.2) is 32.5 Å². The maximum absolute atomic E-state index is 12.4. The van der Waals surface area contributed by atoms with Crippen molar-refractivity contribution in [3.63, 3.8) is 0 Å². The molecule has 4 atom stereocenters. The van der Waals surface area contributed by atoms with Gasteiger partial charge in [0, 0.05) is 18.7 Å². The Morgan fingerprint density at radius 2 is 2.04 bits per heavy atom. The van der Waals surface area contributed by atoms with Crippen LogP contribution in [0.15, 0.2) is 29.4 Å². The minimum atomic E-state index is 0.0927. The van der Waals surface area contributed by atoms with Gasteiger partial charge in [-0.05, 0) is 50.9 Å². The van der Waals surface area contributed by atoms with Gasteiger partial charge in [-0.2, -0.15) is 0 Å². The van der Waals surface area contributed by atoms with Crippen LogP contribution >= 0.6 is 11.8 Å². The predicted molar refractivity (Wildman–Crippen MR) is 108 cm³/mol. The minimum Gasteiger partial charge on any atom is -0.353 e. The fourth-order valence-electron chi connectivity index (χ4n) is 4.83. The highest BCUT2D eigenvalue weighted by atomic mass is 32.2. The van der Waals surface area contributed by atoms with Gasteiger partial charge >= 0.3 is 0 Å². The second kappa shape index (κ2) is 7.66. The number of hydrogen-bond acceptors (Lipinski definition) is 4. The van der Waals surface area contributed by atoms with Gasteiger partial charge in [0.25, 0.3) is 0 Å². The largest absolute Gasteiger partial charge is 0.353 e. The van der Waals surface area contributed by atoms with E-state index in [1.54, 1.807) is 0 Å². The Bertz CT molecular complexity index is 816. The lowest BCUT2D eigenvalue weighted by atomic mass is 9.84. The monoisotopic (exact) mass is 384 g/mol. The Hall–Kier alpha value is -1.82. The standard InChI is InChI=1S/C21H28N4OS/c1-13-4-7-16(8-5-13)20-23-24-21(25(20)3)27-12-19(26)22-14(2)18-11-15-6-9-17(18)10-15/h4-5,7-8,14-15,17-18H,6,9-12H2,1-3H3,(H,22,26). The molecule has 4 unspecified atom stereocenters. The normalized spacial score (nSPS) is 24.9. The van der Waals surface area contributed by atoms with E-state index in [9.17, 15) is 4.79 Å². The van der Waals surface area contributed by atoms with Crippen molar-refractivity contribution in [1.29, 1.82) is 0 Å². The zero-order valence-electron chi connectivity index (χ0n) is 16.3. The van der Waals surface area contributed by atoms with Crippen molar-refractivity contribution in [2.24, 2.45) is 24.8 Å². The summed E-state index contributed by atoms with van der Waals surface area (Å²) >= 11 is 1.45. The van der Waals surface area contributed by atoms with Crippen LogP contribution in [0.3, 0.4) is 0 Å². The molecule has 0 aliphatic heterocycles. The van der Waals surface area contributed by atoms with Crippen molar-refractivity contribution in [3.05, 3.63) is 29.8 Å². The summed E-state index contributed by atoms with van der Waals surface area (Å²) < 4.78 is 1.96. The third-order valence-electron chi connectivity index (χ3n) is 6.30. The molecule has 2 fully saturated rings. The maximum Gasteiger partial charge on any atom is 0.230 e. The molecule has 144 valence electrons. The van der Waals surface area contributed by atoms with Crippen LogP contribution in [0.4, 0.5) is 0 Å². The van der Waals surface area contributed by atoms with E-state index in [2.05, 4.69) is 53.6 Å². The lowest BCUT2D eigenvalue weighted by molar-refractivity contribution is -0.119. The van der Waals surface area contributed by atoms with Gasteiger partial charge in [-0.15, -0.1) is 10.2 Å². The fraction of sp³-hybridized carbons (Fsp3) is 0.571. The number of aryl methyl sites for hydroxylation is 1. The molecule has 1 aromatic carbocycles. The molecule has 1 aromatic heterocycles. The van der Waals surface area contributed by atoms with Crippen molar-refractivity contribution in [3.8, 4) is 11.4 Å². The first kappa shape index (κ1) is 18.5. The molecule has 2 aliphatic rings. The van der Waals surface area contributed by atoms with Gasteiger partial charge < -0.3 is 9.88 Å². The Balaban J connectivity index is 1.32. The molecule has 2 saturated carbocycles. The van der Waals surface area contributed by atoms with Gasteiger partial charge in [-0.3, -0.25) is 4.79 Å². The van der Waals surface area contributed by atoms with Crippen molar-refractivity contribution in [1.82, 2.24) is 20.1 Å². The van der Waals surface area contributed by atoms with Gasteiger partial charge in [-0.1, -0.05) is 48.0 Å². The first-order valence-electron chi connectivity index (χ1n) is 9.90. The minimum absolute atomic E-state index is 0.0927. The summed E-state index contributed by atoms with van der Waals surface area (Å²) in [5.41, 5.74) is 2.26. The van der Waals surface area contributed by atoms with Gasteiger partial charge in [0.15, 0.2) is 11.0 Å². The van der Waals surface area contributed by atoms with Gasteiger partial charge in [0.05, 0.1) is 5.75 Å². The van der Waals surface area contributed by atoms with E-state index in [4.69, 9.17) is 0 Å². The number of carbonyl (C=O) groups excluding carboxylic acids is 1. The van der Waals surface area contributed by atoms with Crippen LogP contribution < -0.4 is 5.32 Å². The van der Waals surface area contributed by atoms with Crippen molar-refractivity contribution in [2.75, 3.05) is 5.75 Å². The number of nitrogens with one attached hydrogen (secondary N) is 1. The fourth-order valence-corrected chi connectivity index (χ4v) is 5.56. The van der Waals surface area contributed by atoms with Crippen LogP contribution in [0.2, 0.25) is 0 Å². The summed E-state index contributed by atoms with van der Waals surface area (Å²) in [4.78, 5) is 12.4. The molecule has 0 radical (unpaired) electrons. The van der Waals surface area contributed by atoms with E-state index in [1.165, 1.54) is 43.0 Å². The number of amides is 1. The van der Waals surface area contributed by atoms with Gasteiger partial charge in [0.2, 0.25) is 5.91 Å². The molecule has 2 aromatic rings. The lowest BCUT2D eigenvalue weighted by Crippen LogP contribution is -2.40. The third kappa shape index (κ3) is 3.91. The highest BCUT2D eigenvalue weighted by molar-refractivity contribution is 7.99. The molecule has 2 bridgehead atoms. The molecule has 4 rings (SSSR count). The zero-order chi connectivity index (χ0) is 19.0. The van der Waals surface area contributed by atoms with Crippen molar-refractivity contribution >= 4 is 17.7 Å². The Kier molecular flexibility index (Phi) is 5.26. The Morgan fingerprint density at radius 1 is 1.26 bits per heavy atom. The average molecular weight is 385 g/mol. The molecule has 1 heterocycles. The van der Waals surface area contributed by atoms with Crippen LogP contribution in [0.1, 0.15) is 38.2 Å². The first-order valence-corrected chi connectivity index (χ1v) is 10.9. The molecule has 0 spiro atoms. The Morgan fingerprint density at radius 3 is 2.70 bits per heavy atom. The number of thioether (sulfide) groups is 1. The highest BCUT2D eigenvalue weighted by Crippen LogP contribution is 2.49. The number of aromatic nitrogens is 3. The number of rotatable bonds is 6. The molecule has 1 amide bonds. The van der Waals surface area contributed by atoms with E-state index in [0.717, 1.165) is 28.4 Å². The Labute approximate surface area is 165 Å². The molecule has 5 nitrogen and oxygen atoms in total. The molecule has 1 N–H and O–H groups in total. The summed E-state index contributed by atoms with van der Waals surface area (Å²) in [6.07, 6.45) is 5.42. The van der Waals surface area contributed by atoms with Crippen LogP contribution in [0.25, 0.3) is 11.4 Å². The van der Waals surface area contributed by atoms with E-state index in [-0.39, 0.29) is 11.9 Å². The number of fused-ring (bicyclic) bond motifs is 2. The molecular formula is C21H28N4OS. The SMILES string of the molecule is Cc1ccc(-c2nnc(SCC(=O)NC(C)C3CC4CCC3C4)n2C)cc1. The average Bonchev–Trinajstić information content (AvgIpc) is 3.37. The van der Waals surface area contributed by atoms with Crippen molar-refractivity contribution in [2.45, 2.75) is 50.7 Å². The van der Waals surface area contributed by atoms with E-state index in [1.807, 2.05) is 11.6 Å². The summed E-state index contributed by atoms with van der Waals surface area (Å²) in [6.45, 7) is 4.24. The zero-order valence-corrected chi connectivity index (χ0v) is 17.1. The lowest BCUT2D eigenvalue weighted by Gasteiger charge is -2.28. The molecule has 6 heteroatoms. The van der Waals surface area contributed by atoms with Crippen molar-refractivity contribution < 1.29 is 4.79 Å². The number of benzene rings is 1. The smallest absolute Gasteiger partial charge is 0.230 e. The van der Waals surface area contributed by atoms with Gasteiger partial charge in [0.1, 0.15) is 0 Å². The van der Waals surface area contributed by atoms with Crippen LogP contribution in [-0.2, 0) is 11.8 Å². The summed E-state index contributed by atoms with van der Waals surface area (Å²) in [7, 11) is 1.95. The molecule has 0 saturated heterocycles. The third-order valence-corrected chi connectivity index (χ3v) is 7.32. The summed E-state index contributed by atoms with van der Waals surface area (Å²) in [6, 6.07) is 8.52. The maximum atomic E-state index is 12.4. The topological polar surface area (TPSA) is 59.8 Å². The first-order chi connectivity index (χ1) is 13.0. The quantitative estimate of drug-likeness (QED) is 0.769. The van der Waals surface area contributed by atoms with E-state index >= 15 is 0 Å².